The Hall–Kier alpha value is -2.95. The fraction of sp³-hybridized carbons (Fsp3) is 0.211. The maximum Gasteiger partial charge on any atom is 0.262 e. The minimum atomic E-state index is -0.661. The molecule has 124 valence electrons. The van der Waals surface area contributed by atoms with Crippen LogP contribution in [0.25, 0.3) is 0 Å². The van der Waals surface area contributed by atoms with Crippen molar-refractivity contribution in [2.24, 2.45) is 11.0 Å². The van der Waals surface area contributed by atoms with Gasteiger partial charge in [0, 0.05) is 5.56 Å². The molecule has 5 nitrogen and oxygen atoms in total. The molecule has 0 bridgehead atoms. The summed E-state index contributed by atoms with van der Waals surface area (Å²) in [5, 5.41) is 6.71. The molecule has 0 saturated carbocycles. The summed E-state index contributed by atoms with van der Waals surface area (Å²) in [6.45, 7) is 3.74. The highest BCUT2D eigenvalue weighted by molar-refractivity contribution is 5.97. The summed E-state index contributed by atoms with van der Waals surface area (Å²) in [6.07, 6.45) is 1.56. The number of carbonyl (C=O) groups is 2. The van der Waals surface area contributed by atoms with E-state index in [9.17, 15) is 9.59 Å². The zero-order chi connectivity index (χ0) is 17.4. The van der Waals surface area contributed by atoms with Crippen molar-refractivity contribution in [1.29, 1.82) is 0 Å². The number of hydrazone groups is 1. The fourth-order valence-corrected chi connectivity index (χ4v) is 2.13. The number of hydrogen-bond donors (Lipinski definition) is 2. The predicted octanol–water partition coefficient (Wildman–Crippen LogP) is 2.59. The normalized spacial score (nSPS) is 12.1. The van der Waals surface area contributed by atoms with Crippen LogP contribution in [0.3, 0.4) is 0 Å². The molecule has 0 saturated heterocycles. The molecule has 0 aliphatic carbocycles. The molecule has 2 N–H and O–H groups in total. The Labute approximate surface area is 141 Å². The minimum Gasteiger partial charge on any atom is -0.340 e. The summed E-state index contributed by atoms with van der Waals surface area (Å²) in [4.78, 5) is 24.5. The third-order valence-corrected chi connectivity index (χ3v) is 3.46. The Balaban J connectivity index is 1.98. The third-order valence-electron chi connectivity index (χ3n) is 3.46. The number of rotatable bonds is 6. The van der Waals surface area contributed by atoms with Gasteiger partial charge in [-0.2, -0.15) is 5.10 Å². The number of hydrogen-bond acceptors (Lipinski definition) is 3. The molecule has 0 heterocycles. The molecule has 0 spiro atoms. The predicted molar refractivity (Wildman–Crippen MR) is 94.7 cm³/mol. The molecule has 1 atom stereocenters. The van der Waals surface area contributed by atoms with Gasteiger partial charge >= 0.3 is 0 Å². The second-order valence-corrected chi connectivity index (χ2v) is 5.71. The standard InChI is InChI=1S/C19H21N3O2/c1-14(2)17(21-18(23)16-11-7-4-8-12-16)19(24)22-20-13-15-9-5-3-6-10-15/h3-14,17H,1-2H3,(H,21,23)(H,22,24)/b20-13-/t17-/m0/s1. The Kier molecular flexibility index (Phi) is 6.25. The van der Waals surface area contributed by atoms with E-state index >= 15 is 0 Å². The highest BCUT2D eigenvalue weighted by Gasteiger charge is 2.24. The molecule has 0 aliphatic rings. The smallest absolute Gasteiger partial charge is 0.262 e. The lowest BCUT2D eigenvalue weighted by atomic mass is 10.0. The van der Waals surface area contributed by atoms with Crippen LogP contribution in [0.15, 0.2) is 65.8 Å². The van der Waals surface area contributed by atoms with Gasteiger partial charge in [-0.15, -0.1) is 0 Å². The van der Waals surface area contributed by atoms with Gasteiger partial charge in [-0.1, -0.05) is 62.4 Å². The number of benzene rings is 2. The maximum atomic E-state index is 12.3. The summed E-state index contributed by atoms with van der Waals surface area (Å²) in [7, 11) is 0. The van der Waals surface area contributed by atoms with Crippen LogP contribution in [-0.4, -0.2) is 24.1 Å². The van der Waals surface area contributed by atoms with Crippen molar-refractivity contribution < 1.29 is 9.59 Å². The lowest BCUT2D eigenvalue weighted by Crippen LogP contribution is -2.48. The molecule has 2 amide bonds. The summed E-state index contributed by atoms with van der Waals surface area (Å²) in [5.74, 6) is -0.692. The fourth-order valence-electron chi connectivity index (χ4n) is 2.13. The molecule has 0 unspecified atom stereocenters. The van der Waals surface area contributed by atoms with Crippen molar-refractivity contribution in [2.75, 3.05) is 0 Å². The Morgan fingerprint density at radius 1 is 0.958 bits per heavy atom. The van der Waals surface area contributed by atoms with Crippen molar-refractivity contribution in [3.8, 4) is 0 Å². The van der Waals surface area contributed by atoms with E-state index in [1.54, 1.807) is 30.5 Å². The van der Waals surface area contributed by atoms with Crippen molar-refractivity contribution in [1.82, 2.24) is 10.7 Å². The van der Waals surface area contributed by atoms with Crippen LogP contribution in [0.5, 0.6) is 0 Å². The third kappa shape index (κ3) is 5.05. The zero-order valence-electron chi connectivity index (χ0n) is 13.8. The van der Waals surface area contributed by atoms with E-state index < -0.39 is 6.04 Å². The van der Waals surface area contributed by atoms with Gasteiger partial charge in [0.1, 0.15) is 6.04 Å². The van der Waals surface area contributed by atoms with Crippen molar-refractivity contribution in [3.63, 3.8) is 0 Å². The van der Waals surface area contributed by atoms with Crippen LogP contribution < -0.4 is 10.7 Å². The molecule has 0 fully saturated rings. The van der Waals surface area contributed by atoms with Crippen LogP contribution in [0.2, 0.25) is 0 Å². The first-order chi connectivity index (χ1) is 11.6. The Bertz CT molecular complexity index is 697. The van der Waals surface area contributed by atoms with Gasteiger partial charge < -0.3 is 5.32 Å². The van der Waals surface area contributed by atoms with E-state index in [1.165, 1.54) is 0 Å². The van der Waals surface area contributed by atoms with Gasteiger partial charge in [-0.05, 0) is 23.6 Å². The van der Waals surface area contributed by atoms with E-state index in [0.717, 1.165) is 5.56 Å². The van der Waals surface area contributed by atoms with Crippen molar-refractivity contribution >= 4 is 18.0 Å². The van der Waals surface area contributed by atoms with E-state index in [2.05, 4.69) is 15.8 Å². The average molecular weight is 323 g/mol. The Morgan fingerprint density at radius 2 is 1.54 bits per heavy atom. The number of amides is 2. The van der Waals surface area contributed by atoms with Gasteiger partial charge in [0.25, 0.3) is 11.8 Å². The van der Waals surface area contributed by atoms with Gasteiger partial charge in [-0.25, -0.2) is 5.43 Å². The molecule has 0 aliphatic heterocycles. The second kappa shape index (κ2) is 8.62. The number of nitrogens with zero attached hydrogens (tertiary/aromatic N) is 1. The molecule has 0 aromatic heterocycles. The monoisotopic (exact) mass is 323 g/mol. The number of carbonyl (C=O) groups excluding carboxylic acids is 2. The quantitative estimate of drug-likeness (QED) is 0.633. The summed E-state index contributed by atoms with van der Waals surface area (Å²) in [6, 6.07) is 17.6. The summed E-state index contributed by atoms with van der Waals surface area (Å²) in [5.41, 5.74) is 3.88. The van der Waals surface area contributed by atoms with Crippen LogP contribution in [0.4, 0.5) is 0 Å². The molecule has 2 aromatic rings. The molecule has 2 aromatic carbocycles. The van der Waals surface area contributed by atoms with Gasteiger partial charge in [0.15, 0.2) is 0 Å². The summed E-state index contributed by atoms with van der Waals surface area (Å²) >= 11 is 0. The van der Waals surface area contributed by atoms with Gasteiger partial charge in [0.05, 0.1) is 6.21 Å². The topological polar surface area (TPSA) is 70.6 Å². The first kappa shape index (κ1) is 17.4. The van der Waals surface area contributed by atoms with Crippen molar-refractivity contribution in [2.45, 2.75) is 19.9 Å². The largest absolute Gasteiger partial charge is 0.340 e. The van der Waals surface area contributed by atoms with Crippen LogP contribution in [0, 0.1) is 5.92 Å². The van der Waals surface area contributed by atoms with Crippen LogP contribution in [0.1, 0.15) is 29.8 Å². The van der Waals surface area contributed by atoms with Crippen LogP contribution >= 0.6 is 0 Å². The van der Waals surface area contributed by atoms with E-state index in [1.807, 2.05) is 50.2 Å². The molecule has 24 heavy (non-hydrogen) atoms. The van der Waals surface area contributed by atoms with E-state index in [4.69, 9.17) is 0 Å². The van der Waals surface area contributed by atoms with Crippen LogP contribution in [-0.2, 0) is 4.79 Å². The SMILES string of the molecule is CC(C)[C@H](NC(=O)c1ccccc1)C(=O)N/N=C\c1ccccc1. The van der Waals surface area contributed by atoms with Crippen molar-refractivity contribution in [3.05, 3.63) is 71.8 Å². The average Bonchev–Trinajstić information content (AvgIpc) is 2.60. The first-order valence-electron chi connectivity index (χ1n) is 7.82. The molecular formula is C19H21N3O2. The Morgan fingerprint density at radius 3 is 2.12 bits per heavy atom. The van der Waals surface area contributed by atoms with Gasteiger partial charge in [0.2, 0.25) is 0 Å². The minimum absolute atomic E-state index is 0.0652. The lowest BCUT2D eigenvalue weighted by molar-refractivity contribution is -0.123. The highest BCUT2D eigenvalue weighted by Crippen LogP contribution is 2.05. The van der Waals surface area contributed by atoms with E-state index in [-0.39, 0.29) is 17.7 Å². The highest BCUT2D eigenvalue weighted by atomic mass is 16.2. The summed E-state index contributed by atoms with van der Waals surface area (Å²) < 4.78 is 0. The molecule has 2 rings (SSSR count). The van der Waals surface area contributed by atoms with E-state index in [0.29, 0.717) is 5.56 Å². The maximum absolute atomic E-state index is 12.3. The molecule has 5 heteroatoms. The lowest BCUT2D eigenvalue weighted by Gasteiger charge is -2.20. The molecule has 0 radical (unpaired) electrons. The molecular weight excluding hydrogens is 302 g/mol. The second-order valence-electron chi connectivity index (χ2n) is 5.71. The van der Waals surface area contributed by atoms with Gasteiger partial charge in [-0.3, -0.25) is 9.59 Å². The first-order valence-corrected chi connectivity index (χ1v) is 7.82. The zero-order valence-corrected chi connectivity index (χ0v) is 13.8. The number of nitrogens with one attached hydrogen (secondary N) is 2.